The van der Waals surface area contributed by atoms with Crippen molar-refractivity contribution in [1.29, 1.82) is 0 Å². The molecule has 2 aliphatic rings. The second kappa shape index (κ2) is 7.30. The Labute approximate surface area is 136 Å². The van der Waals surface area contributed by atoms with Gasteiger partial charge in [-0.25, -0.2) is 4.39 Å². The van der Waals surface area contributed by atoms with Crippen molar-refractivity contribution >= 4 is 5.91 Å². The van der Waals surface area contributed by atoms with Gasteiger partial charge in [0.05, 0.1) is 6.54 Å². The Morgan fingerprint density at radius 2 is 2.13 bits per heavy atom. The van der Waals surface area contributed by atoms with Crippen molar-refractivity contribution < 1.29 is 13.9 Å². The molecular formula is C18H25FN2O2. The van der Waals surface area contributed by atoms with Gasteiger partial charge >= 0.3 is 0 Å². The van der Waals surface area contributed by atoms with E-state index >= 15 is 0 Å². The van der Waals surface area contributed by atoms with E-state index in [9.17, 15) is 9.18 Å². The molecule has 3 rings (SSSR count). The van der Waals surface area contributed by atoms with Crippen LogP contribution in [0.2, 0.25) is 0 Å². The largest absolute Gasteiger partial charge is 0.489 e. The van der Waals surface area contributed by atoms with Gasteiger partial charge < -0.3 is 15.4 Å². The van der Waals surface area contributed by atoms with Crippen molar-refractivity contribution in [2.75, 3.05) is 6.54 Å². The number of ether oxygens (including phenoxy) is 1. The maximum absolute atomic E-state index is 13.1. The van der Waals surface area contributed by atoms with Crippen LogP contribution in [0.25, 0.3) is 0 Å². The Hall–Kier alpha value is -1.62. The van der Waals surface area contributed by atoms with Crippen LogP contribution in [0.4, 0.5) is 4.39 Å². The highest BCUT2D eigenvalue weighted by molar-refractivity contribution is 5.76. The number of nitrogens with one attached hydrogen (secondary N) is 2. The van der Waals surface area contributed by atoms with Crippen LogP contribution in [0.1, 0.15) is 39.0 Å². The van der Waals surface area contributed by atoms with Crippen LogP contribution in [0.5, 0.6) is 5.75 Å². The third-order valence-corrected chi connectivity index (χ3v) is 4.76. The molecule has 2 N–H and O–H groups in total. The normalized spacial score (nSPS) is 27.5. The van der Waals surface area contributed by atoms with Crippen LogP contribution >= 0.6 is 0 Å². The van der Waals surface area contributed by atoms with Gasteiger partial charge in [0.2, 0.25) is 5.91 Å². The maximum Gasteiger partial charge on any atom is 0.220 e. The fourth-order valence-electron chi connectivity index (χ4n) is 3.75. The lowest BCUT2D eigenvalue weighted by molar-refractivity contribution is -0.122. The Morgan fingerprint density at radius 3 is 2.83 bits per heavy atom. The third kappa shape index (κ3) is 4.67. The van der Waals surface area contributed by atoms with E-state index in [1.807, 2.05) is 6.92 Å². The summed E-state index contributed by atoms with van der Waals surface area (Å²) in [6, 6.07) is 7.28. The minimum absolute atomic E-state index is 0.0889. The quantitative estimate of drug-likeness (QED) is 0.847. The Morgan fingerprint density at radius 1 is 1.39 bits per heavy atom. The summed E-state index contributed by atoms with van der Waals surface area (Å²) < 4.78 is 18.7. The molecule has 2 heterocycles. The zero-order valence-electron chi connectivity index (χ0n) is 13.6. The van der Waals surface area contributed by atoms with Gasteiger partial charge in [-0.05, 0) is 50.7 Å². The Bertz CT molecular complexity index is 540. The minimum Gasteiger partial charge on any atom is -0.489 e. The number of carbonyl (C=O) groups is 1. The summed E-state index contributed by atoms with van der Waals surface area (Å²) in [6.45, 7) is 2.31. The molecule has 2 saturated heterocycles. The fraction of sp³-hybridized carbons (Fsp3) is 0.611. The highest BCUT2D eigenvalue weighted by Crippen LogP contribution is 2.32. The number of hydrogen-bond donors (Lipinski definition) is 2. The predicted molar refractivity (Wildman–Crippen MR) is 86.8 cm³/mol. The van der Waals surface area contributed by atoms with Crippen molar-refractivity contribution in [2.24, 2.45) is 5.92 Å². The molecule has 1 aromatic carbocycles. The van der Waals surface area contributed by atoms with Crippen LogP contribution in [0.3, 0.4) is 0 Å². The van der Waals surface area contributed by atoms with Gasteiger partial charge in [-0.3, -0.25) is 4.79 Å². The molecule has 5 heteroatoms. The number of fused-ring (bicyclic) bond motifs is 2. The Balaban J connectivity index is 1.38. The van der Waals surface area contributed by atoms with Crippen LogP contribution < -0.4 is 15.4 Å². The molecule has 0 saturated carbocycles. The summed E-state index contributed by atoms with van der Waals surface area (Å²) in [4.78, 5) is 12.1. The first-order valence-corrected chi connectivity index (χ1v) is 8.53. The molecule has 1 amide bonds. The second-order valence-electron chi connectivity index (χ2n) is 6.87. The summed E-state index contributed by atoms with van der Waals surface area (Å²) in [5, 5.41) is 6.53. The second-order valence-corrected chi connectivity index (χ2v) is 6.87. The summed E-state index contributed by atoms with van der Waals surface area (Å²) >= 11 is 0. The molecule has 126 valence electrons. The molecule has 0 aliphatic carbocycles. The predicted octanol–water partition coefficient (Wildman–Crippen LogP) is 2.63. The number of rotatable bonds is 6. The first kappa shape index (κ1) is 16.2. The average molecular weight is 320 g/mol. The van der Waals surface area contributed by atoms with Crippen LogP contribution in [0.15, 0.2) is 24.3 Å². The fourth-order valence-corrected chi connectivity index (χ4v) is 3.75. The van der Waals surface area contributed by atoms with E-state index in [1.54, 1.807) is 12.1 Å². The van der Waals surface area contributed by atoms with E-state index in [0.29, 0.717) is 36.7 Å². The summed E-state index contributed by atoms with van der Waals surface area (Å²) in [6.07, 6.45) is 5.13. The van der Waals surface area contributed by atoms with Crippen molar-refractivity contribution in [1.82, 2.24) is 10.6 Å². The van der Waals surface area contributed by atoms with Gasteiger partial charge in [0, 0.05) is 24.6 Å². The summed E-state index contributed by atoms with van der Waals surface area (Å²) in [5.41, 5.74) is 0. The van der Waals surface area contributed by atoms with Crippen LogP contribution in [-0.2, 0) is 4.79 Å². The highest BCUT2D eigenvalue weighted by atomic mass is 19.1. The highest BCUT2D eigenvalue weighted by Gasteiger charge is 2.34. The molecule has 2 fully saturated rings. The van der Waals surface area contributed by atoms with Gasteiger partial charge in [0.1, 0.15) is 17.7 Å². The molecule has 0 radical (unpaired) electrons. The zero-order valence-corrected chi connectivity index (χ0v) is 13.6. The van der Waals surface area contributed by atoms with Crippen LogP contribution in [-0.4, -0.2) is 30.6 Å². The topological polar surface area (TPSA) is 50.4 Å². The molecule has 2 bridgehead atoms. The van der Waals surface area contributed by atoms with E-state index in [-0.39, 0.29) is 17.8 Å². The summed E-state index contributed by atoms with van der Waals surface area (Å²) in [7, 11) is 0. The van der Waals surface area contributed by atoms with Gasteiger partial charge in [0.15, 0.2) is 0 Å². The molecule has 4 nitrogen and oxygen atoms in total. The lowest BCUT2D eigenvalue weighted by Gasteiger charge is -2.28. The molecule has 23 heavy (non-hydrogen) atoms. The van der Waals surface area contributed by atoms with Crippen molar-refractivity contribution in [3.8, 4) is 5.75 Å². The van der Waals surface area contributed by atoms with Gasteiger partial charge in [-0.2, -0.15) is 0 Å². The zero-order chi connectivity index (χ0) is 16.2. The summed E-state index contributed by atoms with van der Waals surface area (Å²) in [5.74, 6) is 0.750. The average Bonchev–Trinajstić information content (AvgIpc) is 2.84. The first-order valence-electron chi connectivity index (χ1n) is 8.53. The van der Waals surface area contributed by atoms with E-state index in [1.165, 1.54) is 25.0 Å². The van der Waals surface area contributed by atoms with Gasteiger partial charge in [-0.1, -0.05) is 6.07 Å². The van der Waals surface area contributed by atoms with Gasteiger partial charge in [-0.15, -0.1) is 0 Å². The lowest BCUT2D eigenvalue weighted by Crippen LogP contribution is -2.40. The minimum atomic E-state index is -0.320. The van der Waals surface area contributed by atoms with E-state index in [0.717, 1.165) is 12.8 Å². The van der Waals surface area contributed by atoms with E-state index < -0.39 is 0 Å². The van der Waals surface area contributed by atoms with Crippen LogP contribution in [0, 0.1) is 11.7 Å². The molecule has 3 atom stereocenters. The molecule has 0 aromatic heterocycles. The van der Waals surface area contributed by atoms with Crippen molar-refractivity contribution in [3.63, 3.8) is 0 Å². The lowest BCUT2D eigenvalue weighted by atomic mass is 9.89. The number of carbonyl (C=O) groups excluding carboxylic acids is 1. The SMILES string of the molecule is CC(CNC(=O)CC1CC2CCC(C1)N2)Oc1cccc(F)c1. The first-order chi connectivity index (χ1) is 11.1. The monoisotopic (exact) mass is 320 g/mol. The van der Waals surface area contributed by atoms with E-state index in [4.69, 9.17) is 4.74 Å². The smallest absolute Gasteiger partial charge is 0.220 e. The Kier molecular flexibility index (Phi) is 5.16. The van der Waals surface area contributed by atoms with E-state index in [2.05, 4.69) is 10.6 Å². The standard InChI is InChI=1S/C18H25FN2O2/c1-12(23-17-4-2-3-14(19)10-17)11-20-18(22)9-13-7-15-5-6-16(8-13)21-15/h2-4,10,12-13,15-16,21H,5-9,11H2,1H3,(H,20,22). The van der Waals surface area contributed by atoms with Gasteiger partial charge in [0.25, 0.3) is 0 Å². The maximum atomic E-state index is 13.1. The molecular weight excluding hydrogens is 295 g/mol. The number of halogens is 1. The number of benzene rings is 1. The molecule has 1 aromatic rings. The number of piperidine rings is 1. The third-order valence-electron chi connectivity index (χ3n) is 4.76. The molecule has 2 aliphatic heterocycles. The molecule has 3 unspecified atom stereocenters. The van der Waals surface area contributed by atoms with Crippen molar-refractivity contribution in [2.45, 2.75) is 57.2 Å². The number of hydrogen-bond acceptors (Lipinski definition) is 3. The molecule has 0 spiro atoms. The van der Waals surface area contributed by atoms with Crippen molar-refractivity contribution in [3.05, 3.63) is 30.1 Å². The number of amides is 1.